The Morgan fingerprint density at radius 2 is 1.31 bits per heavy atom. The molecule has 2 aromatic rings. The summed E-state index contributed by atoms with van der Waals surface area (Å²) >= 11 is 0. The maximum absolute atomic E-state index is 4.65. The van der Waals surface area contributed by atoms with E-state index >= 15 is 0 Å². The lowest BCUT2D eigenvalue weighted by Gasteiger charge is -2.28. The van der Waals surface area contributed by atoms with Gasteiger partial charge in [0.1, 0.15) is 0 Å². The SMILES string of the molecule is CCCCCc1ccc(-c2ncc(CCC3CCC(CCCC)CC3)cn2)cc1. The molecule has 0 spiro atoms. The first-order chi connectivity index (χ1) is 14.3. The Bertz CT molecular complexity index is 681. The first-order valence-electron chi connectivity index (χ1n) is 12.2. The third kappa shape index (κ3) is 7.24. The molecule has 0 amide bonds. The van der Waals surface area contributed by atoms with Gasteiger partial charge in [-0.15, -0.1) is 0 Å². The van der Waals surface area contributed by atoms with Gasteiger partial charge in [-0.2, -0.15) is 0 Å². The van der Waals surface area contributed by atoms with Gasteiger partial charge >= 0.3 is 0 Å². The number of unbranched alkanes of at least 4 members (excludes halogenated alkanes) is 3. The zero-order valence-electron chi connectivity index (χ0n) is 18.7. The highest BCUT2D eigenvalue weighted by Gasteiger charge is 2.20. The van der Waals surface area contributed by atoms with Crippen LogP contribution >= 0.6 is 0 Å². The third-order valence-electron chi connectivity index (χ3n) is 6.76. The summed E-state index contributed by atoms with van der Waals surface area (Å²) in [6.45, 7) is 4.56. The van der Waals surface area contributed by atoms with Crippen LogP contribution in [0.1, 0.15) is 95.6 Å². The van der Waals surface area contributed by atoms with E-state index in [4.69, 9.17) is 0 Å². The van der Waals surface area contributed by atoms with Crippen molar-refractivity contribution in [1.82, 2.24) is 9.97 Å². The molecule has 0 N–H and O–H groups in total. The van der Waals surface area contributed by atoms with Crippen molar-refractivity contribution in [3.8, 4) is 11.4 Å². The molecule has 0 saturated heterocycles. The van der Waals surface area contributed by atoms with Crippen LogP contribution in [0.5, 0.6) is 0 Å². The summed E-state index contributed by atoms with van der Waals surface area (Å²) in [7, 11) is 0. The summed E-state index contributed by atoms with van der Waals surface area (Å²) in [5.74, 6) is 2.77. The lowest BCUT2D eigenvalue weighted by Crippen LogP contribution is -2.15. The molecule has 1 heterocycles. The van der Waals surface area contributed by atoms with E-state index in [0.717, 1.165) is 29.6 Å². The Hall–Kier alpha value is -1.70. The van der Waals surface area contributed by atoms with Crippen molar-refractivity contribution in [1.29, 1.82) is 0 Å². The number of aryl methyl sites for hydroxylation is 2. The van der Waals surface area contributed by atoms with E-state index in [0.29, 0.717) is 0 Å². The van der Waals surface area contributed by atoms with Gasteiger partial charge in [0.2, 0.25) is 0 Å². The molecule has 1 fully saturated rings. The Labute approximate surface area is 178 Å². The van der Waals surface area contributed by atoms with Crippen molar-refractivity contribution in [2.75, 3.05) is 0 Å². The fraction of sp³-hybridized carbons (Fsp3) is 0.630. The molecule has 0 radical (unpaired) electrons. The summed E-state index contributed by atoms with van der Waals surface area (Å²) in [6.07, 6.45) is 21.5. The quantitative estimate of drug-likeness (QED) is 0.364. The lowest BCUT2D eigenvalue weighted by atomic mass is 9.78. The first-order valence-corrected chi connectivity index (χ1v) is 12.2. The Morgan fingerprint density at radius 1 is 0.690 bits per heavy atom. The Morgan fingerprint density at radius 3 is 1.93 bits per heavy atom. The molecular weight excluding hydrogens is 352 g/mol. The maximum atomic E-state index is 4.65. The summed E-state index contributed by atoms with van der Waals surface area (Å²) in [4.78, 5) is 9.30. The number of nitrogens with zero attached hydrogens (tertiary/aromatic N) is 2. The van der Waals surface area contributed by atoms with Crippen molar-refractivity contribution in [2.45, 2.75) is 97.3 Å². The Kier molecular flexibility index (Phi) is 9.18. The zero-order chi connectivity index (χ0) is 20.3. The van der Waals surface area contributed by atoms with Crippen molar-refractivity contribution in [3.63, 3.8) is 0 Å². The first kappa shape index (κ1) is 22.0. The van der Waals surface area contributed by atoms with Crippen LogP contribution in [0.15, 0.2) is 36.7 Å². The molecular formula is C27H40N2. The molecule has 1 aliphatic carbocycles. The summed E-state index contributed by atoms with van der Waals surface area (Å²) < 4.78 is 0. The van der Waals surface area contributed by atoms with E-state index in [1.165, 1.54) is 88.2 Å². The van der Waals surface area contributed by atoms with Crippen LogP contribution in [0.25, 0.3) is 11.4 Å². The van der Waals surface area contributed by atoms with Crippen LogP contribution in [0, 0.1) is 11.8 Å². The van der Waals surface area contributed by atoms with E-state index in [-0.39, 0.29) is 0 Å². The summed E-state index contributed by atoms with van der Waals surface area (Å²) in [5.41, 5.74) is 3.84. The topological polar surface area (TPSA) is 25.8 Å². The van der Waals surface area contributed by atoms with E-state index < -0.39 is 0 Å². The fourth-order valence-electron chi connectivity index (χ4n) is 4.70. The minimum atomic E-state index is 0.852. The van der Waals surface area contributed by atoms with Gasteiger partial charge in [-0.3, -0.25) is 0 Å². The predicted molar refractivity (Wildman–Crippen MR) is 124 cm³/mol. The summed E-state index contributed by atoms with van der Waals surface area (Å²) in [6, 6.07) is 8.82. The van der Waals surface area contributed by atoms with Gasteiger partial charge in [0.05, 0.1) is 0 Å². The smallest absolute Gasteiger partial charge is 0.159 e. The molecule has 158 valence electrons. The monoisotopic (exact) mass is 392 g/mol. The van der Waals surface area contributed by atoms with Gasteiger partial charge in [0.25, 0.3) is 0 Å². The molecule has 1 aromatic heterocycles. The van der Waals surface area contributed by atoms with Crippen LogP contribution in [0.2, 0.25) is 0 Å². The van der Waals surface area contributed by atoms with E-state index in [2.05, 4.69) is 48.1 Å². The molecule has 1 aliphatic rings. The minimum Gasteiger partial charge on any atom is -0.236 e. The second-order valence-electron chi connectivity index (χ2n) is 9.14. The number of benzene rings is 1. The molecule has 0 atom stereocenters. The average molecular weight is 393 g/mol. The number of rotatable bonds is 11. The molecule has 1 saturated carbocycles. The fourth-order valence-corrected chi connectivity index (χ4v) is 4.70. The van der Waals surface area contributed by atoms with Crippen molar-refractivity contribution < 1.29 is 0 Å². The molecule has 0 unspecified atom stereocenters. The second-order valence-corrected chi connectivity index (χ2v) is 9.14. The van der Waals surface area contributed by atoms with Crippen molar-refractivity contribution >= 4 is 0 Å². The molecule has 2 nitrogen and oxygen atoms in total. The zero-order valence-corrected chi connectivity index (χ0v) is 18.7. The normalized spacial score (nSPS) is 19.4. The van der Waals surface area contributed by atoms with Gasteiger partial charge < -0.3 is 0 Å². The van der Waals surface area contributed by atoms with Crippen LogP contribution in [0.3, 0.4) is 0 Å². The highest BCUT2D eigenvalue weighted by Crippen LogP contribution is 2.34. The highest BCUT2D eigenvalue weighted by atomic mass is 14.9. The lowest BCUT2D eigenvalue weighted by molar-refractivity contribution is 0.250. The molecule has 0 bridgehead atoms. The van der Waals surface area contributed by atoms with Crippen LogP contribution in [0.4, 0.5) is 0 Å². The van der Waals surface area contributed by atoms with Gasteiger partial charge in [-0.05, 0) is 48.6 Å². The van der Waals surface area contributed by atoms with Gasteiger partial charge in [0.15, 0.2) is 5.82 Å². The standard InChI is InChI=1S/C27H40N2/c1-3-5-7-9-23-16-18-26(19-17-23)27-28-20-25(21-29-27)15-14-24-12-10-22(11-13-24)8-6-4-2/h16-22,24H,3-15H2,1-2H3. The number of aromatic nitrogens is 2. The van der Waals surface area contributed by atoms with E-state index in [1.807, 2.05) is 12.4 Å². The van der Waals surface area contributed by atoms with Crippen LogP contribution in [-0.4, -0.2) is 9.97 Å². The van der Waals surface area contributed by atoms with E-state index in [1.54, 1.807) is 0 Å². The molecule has 2 heteroatoms. The summed E-state index contributed by atoms with van der Waals surface area (Å²) in [5, 5.41) is 0. The predicted octanol–water partition coefficient (Wildman–Crippen LogP) is 7.81. The van der Waals surface area contributed by atoms with Crippen LogP contribution < -0.4 is 0 Å². The minimum absolute atomic E-state index is 0.852. The maximum Gasteiger partial charge on any atom is 0.159 e. The van der Waals surface area contributed by atoms with Gasteiger partial charge in [-0.1, -0.05) is 95.9 Å². The average Bonchev–Trinajstić information content (AvgIpc) is 2.78. The van der Waals surface area contributed by atoms with Crippen molar-refractivity contribution in [2.24, 2.45) is 11.8 Å². The molecule has 3 rings (SSSR count). The molecule has 1 aromatic carbocycles. The van der Waals surface area contributed by atoms with Gasteiger partial charge in [-0.25, -0.2) is 9.97 Å². The van der Waals surface area contributed by atoms with E-state index in [9.17, 15) is 0 Å². The highest BCUT2D eigenvalue weighted by molar-refractivity contribution is 5.55. The largest absolute Gasteiger partial charge is 0.236 e. The Balaban J connectivity index is 1.43. The third-order valence-corrected chi connectivity index (χ3v) is 6.76. The number of hydrogen-bond donors (Lipinski definition) is 0. The van der Waals surface area contributed by atoms with Crippen molar-refractivity contribution in [3.05, 3.63) is 47.8 Å². The molecule has 0 aliphatic heterocycles. The van der Waals surface area contributed by atoms with Crippen LogP contribution in [-0.2, 0) is 12.8 Å². The second kappa shape index (κ2) is 12.1. The van der Waals surface area contributed by atoms with Gasteiger partial charge in [0, 0.05) is 18.0 Å². The molecule has 29 heavy (non-hydrogen) atoms. The number of hydrogen-bond acceptors (Lipinski definition) is 2.